The Morgan fingerprint density at radius 3 is 2.59 bits per heavy atom. The van der Waals surface area contributed by atoms with Crippen LogP contribution in [0.15, 0.2) is 17.4 Å². The molecular formula is C20H30F3N5S. The van der Waals surface area contributed by atoms with Gasteiger partial charge in [0, 0.05) is 37.2 Å². The number of aliphatic imine (C=N–C) groups is 1. The molecule has 1 aliphatic heterocycles. The molecule has 5 nitrogen and oxygen atoms in total. The van der Waals surface area contributed by atoms with Gasteiger partial charge in [0.2, 0.25) is 5.95 Å². The first kappa shape index (κ1) is 23.7. The predicted molar refractivity (Wildman–Crippen MR) is 115 cm³/mol. The first-order valence-corrected chi connectivity index (χ1v) is 11.0. The van der Waals surface area contributed by atoms with Gasteiger partial charge in [-0.15, -0.1) is 0 Å². The quantitative estimate of drug-likeness (QED) is 0.457. The van der Waals surface area contributed by atoms with Crippen molar-refractivity contribution >= 4 is 29.2 Å². The largest absolute Gasteiger partial charge is 0.419 e. The second kappa shape index (κ2) is 10.4. The Morgan fingerprint density at radius 1 is 1.38 bits per heavy atom. The van der Waals surface area contributed by atoms with E-state index >= 15 is 0 Å². The highest BCUT2D eigenvalue weighted by Gasteiger charge is 2.35. The maximum absolute atomic E-state index is 13.5. The summed E-state index contributed by atoms with van der Waals surface area (Å²) >= 11 is 1.71. The molecule has 0 aliphatic carbocycles. The molecule has 162 valence electrons. The first-order valence-electron chi connectivity index (χ1n) is 9.86. The zero-order valence-electron chi connectivity index (χ0n) is 17.7. The summed E-state index contributed by atoms with van der Waals surface area (Å²) < 4.78 is 42.7. The van der Waals surface area contributed by atoms with Gasteiger partial charge in [0.25, 0.3) is 0 Å². The number of hydrogen-bond donors (Lipinski definition) is 1. The number of nitrogens with one attached hydrogen (secondary N) is 1. The molecule has 2 rings (SSSR count). The zero-order valence-corrected chi connectivity index (χ0v) is 18.5. The molecule has 1 atom stereocenters. The van der Waals surface area contributed by atoms with Crippen LogP contribution in [0.2, 0.25) is 0 Å². The van der Waals surface area contributed by atoms with Gasteiger partial charge in [0.1, 0.15) is 0 Å². The molecular weight excluding hydrogens is 399 g/mol. The second-order valence-corrected chi connectivity index (χ2v) is 8.26. The van der Waals surface area contributed by atoms with Gasteiger partial charge < -0.3 is 5.32 Å². The average Bonchev–Trinajstić information content (AvgIpc) is 2.70. The van der Waals surface area contributed by atoms with Crippen molar-refractivity contribution in [2.24, 2.45) is 10.9 Å². The van der Waals surface area contributed by atoms with E-state index in [0.717, 1.165) is 44.3 Å². The van der Waals surface area contributed by atoms with Crippen molar-refractivity contribution in [3.05, 3.63) is 23.7 Å². The van der Waals surface area contributed by atoms with Crippen molar-refractivity contribution in [1.29, 1.82) is 0 Å². The summed E-state index contributed by atoms with van der Waals surface area (Å²) in [5.41, 5.74) is 0.277. The van der Waals surface area contributed by atoms with Crippen molar-refractivity contribution in [1.82, 2.24) is 14.3 Å². The summed E-state index contributed by atoms with van der Waals surface area (Å²) in [5, 5.41) is 3.20. The predicted octanol–water partition coefficient (Wildman–Crippen LogP) is 5.52. The Bertz CT molecular complexity index is 740. The molecule has 1 N–H and O–H groups in total. The number of allylic oxidation sites excluding steroid dienone is 1. The van der Waals surface area contributed by atoms with Crippen LogP contribution in [0.3, 0.4) is 0 Å². The van der Waals surface area contributed by atoms with E-state index in [1.165, 1.54) is 6.20 Å². The van der Waals surface area contributed by atoms with Crippen molar-refractivity contribution in [2.45, 2.75) is 59.2 Å². The Morgan fingerprint density at radius 2 is 2.03 bits per heavy atom. The number of hydrogen-bond acceptors (Lipinski definition) is 6. The molecule has 2 heterocycles. The summed E-state index contributed by atoms with van der Waals surface area (Å²) in [7, 11) is 0. The topological polar surface area (TPSA) is 53.4 Å². The van der Waals surface area contributed by atoms with Gasteiger partial charge in [-0.2, -0.15) is 13.2 Å². The highest BCUT2D eigenvalue weighted by atomic mass is 32.2. The van der Waals surface area contributed by atoms with Gasteiger partial charge in [0.05, 0.1) is 11.3 Å². The second-order valence-electron chi connectivity index (χ2n) is 7.38. The molecule has 0 saturated carbocycles. The van der Waals surface area contributed by atoms with Gasteiger partial charge in [-0.05, 0) is 50.9 Å². The number of anilines is 1. The van der Waals surface area contributed by atoms with Crippen LogP contribution in [-0.2, 0) is 6.18 Å². The minimum atomic E-state index is -4.53. The minimum Gasteiger partial charge on any atom is -0.351 e. The van der Waals surface area contributed by atoms with Crippen molar-refractivity contribution in [2.75, 3.05) is 24.7 Å². The third-order valence-corrected chi connectivity index (χ3v) is 6.18. The average molecular weight is 430 g/mol. The van der Waals surface area contributed by atoms with E-state index in [2.05, 4.69) is 24.6 Å². The lowest BCUT2D eigenvalue weighted by atomic mass is 10.0. The van der Waals surface area contributed by atoms with Crippen LogP contribution in [0.25, 0.3) is 5.57 Å². The molecule has 9 heteroatoms. The summed E-state index contributed by atoms with van der Waals surface area (Å²) in [4.78, 5) is 12.5. The van der Waals surface area contributed by atoms with E-state index < -0.39 is 11.7 Å². The Labute approximate surface area is 175 Å². The van der Waals surface area contributed by atoms with Gasteiger partial charge in [-0.3, -0.25) is 9.30 Å². The number of piperidine rings is 1. The van der Waals surface area contributed by atoms with Gasteiger partial charge in [0.15, 0.2) is 0 Å². The summed E-state index contributed by atoms with van der Waals surface area (Å²) in [5.74, 6) is 0.502. The number of rotatable bonds is 7. The monoisotopic (exact) mass is 429 g/mol. The fraction of sp³-hybridized carbons (Fsp3) is 0.650. The fourth-order valence-electron chi connectivity index (χ4n) is 3.01. The molecule has 1 aromatic heterocycles. The maximum Gasteiger partial charge on any atom is 0.419 e. The molecule has 0 radical (unpaired) electrons. The van der Waals surface area contributed by atoms with Crippen LogP contribution in [0.4, 0.5) is 19.1 Å². The Hall–Kier alpha value is -1.61. The lowest BCUT2D eigenvalue weighted by molar-refractivity contribution is -0.138. The normalized spacial score (nSPS) is 18.8. The third kappa shape index (κ3) is 6.70. The highest BCUT2D eigenvalue weighted by molar-refractivity contribution is 7.96. The van der Waals surface area contributed by atoms with E-state index in [4.69, 9.17) is 0 Å². The molecule has 1 saturated heterocycles. The van der Waals surface area contributed by atoms with E-state index in [1.54, 1.807) is 18.9 Å². The first-order chi connectivity index (χ1) is 13.7. The zero-order chi connectivity index (χ0) is 21.6. The lowest BCUT2D eigenvalue weighted by Gasteiger charge is -2.30. The molecule has 1 fully saturated rings. The van der Waals surface area contributed by atoms with E-state index in [0.29, 0.717) is 5.57 Å². The molecule has 1 aliphatic rings. The van der Waals surface area contributed by atoms with E-state index in [1.807, 2.05) is 27.0 Å². The van der Waals surface area contributed by atoms with Crippen LogP contribution >= 0.6 is 11.9 Å². The maximum atomic E-state index is 13.5. The van der Waals surface area contributed by atoms with Crippen molar-refractivity contribution in [3.63, 3.8) is 0 Å². The fourth-order valence-corrected chi connectivity index (χ4v) is 3.58. The molecule has 0 bridgehead atoms. The number of aromatic nitrogens is 2. The molecule has 1 unspecified atom stereocenters. The third-order valence-electron chi connectivity index (χ3n) is 5.30. The molecule has 1 aromatic rings. The SMILES string of the molecule is CCC(C)C(C)=N/C=C(\C)c1nc(NC2CCN(SC)CC2)ncc1C(F)(F)F. The lowest BCUT2D eigenvalue weighted by Crippen LogP contribution is -2.35. The van der Waals surface area contributed by atoms with E-state index in [9.17, 15) is 13.2 Å². The van der Waals surface area contributed by atoms with E-state index in [-0.39, 0.29) is 23.6 Å². The molecule has 0 aromatic carbocycles. The number of alkyl halides is 3. The van der Waals surface area contributed by atoms with Gasteiger partial charge >= 0.3 is 6.18 Å². The van der Waals surface area contributed by atoms with Crippen LogP contribution in [-0.4, -0.2) is 45.4 Å². The molecule has 29 heavy (non-hydrogen) atoms. The van der Waals surface area contributed by atoms with Crippen LogP contribution in [0.5, 0.6) is 0 Å². The summed E-state index contributed by atoms with van der Waals surface area (Å²) in [6, 6.07) is 0.151. The number of halogens is 3. The Kier molecular flexibility index (Phi) is 8.51. The highest BCUT2D eigenvalue weighted by Crippen LogP contribution is 2.34. The van der Waals surface area contributed by atoms with Gasteiger partial charge in [-0.25, -0.2) is 9.97 Å². The summed E-state index contributed by atoms with van der Waals surface area (Å²) in [6.07, 6.45) is 2.57. The van der Waals surface area contributed by atoms with Crippen LogP contribution < -0.4 is 5.32 Å². The smallest absolute Gasteiger partial charge is 0.351 e. The van der Waals surface area contributed by atoms with Crippen LogP contribution in [0.1, 0.15) is 58.2 Å². The van der Waals surface area contributed by atoms with Crippen LogP contribution in [0, 0.1) is 5.92 Å². The Balaban J connectivity index is 2.27. The van der Waals surface area contributed by atoms with Crippen molar-refractivity contribution in [3.8, 4) is 0 Å². The van der Waals surface area contributed by atoms with Gasteiger partial charge in [-0.1, -0.05) is 25.8 Å². The molecule has 0 amide bonds. The minimum absolute atomic E-state index is 0.128. The number of nitrogens with zero attached hydrogens (tertiary/aromatic N) is 4. The summed E-state index contributed by atoms with van der Waals surface area (Å²) in [6.45, 7) is 9.43. The standard InChI is InChI=1S/C20H30F3N5S/c1-6-13(2)15(4)24-11-14(3)18-17(20(21,22)23)12-25-19(27-18)26-16-7-9-28(29-5)10-8-16/h11-13,16H,6-10H2,1-5H3,(H,25,26,27)/b14-11+,24-15?. The van der Waals surface area contributed by atoms with Crippen molar-refractivity contribution < 1.29 is 13.2 Å². The molecule has 0 spiro atoms.